The zero-order valence-corrected chi connectivity index (χ0v) is 16.5. The Kier molecular flexibility index (Phi) is 7.01. The summed E-state index contributed by atoms with van der Waals surface area (Å²) >= 11 is 0. The van der Waals surface area contributed by atoms with Crippen LogP contribution in [-0.4, -0.2) is 34.6 Å². The van der Waals surface area contributed by atoms with Crippen molar-refractivity contribution in [1.82, 2.24) is 10.2 Å². The minimum Gasteiger partial charge on any atom is -0.505 e. The van der Waals surface area contributed by atoms with E-state index in [0.717, 1.165) is 11.1 Å². The molecule has 2 aromatic rings. The van der Waals surface area contributed by atoms with Gasteiger partial charge in [-0.25, -0.2) is 4.79 Å². The second-order valence-corrected chi connectivity index (χ2v) is 6.17. The van der Waals surface area contributed by atoms with E-state index in [1.165, 1.54) is 0 Å². The molecule has 1 aromatic carbocycles. The van der Waals surface area contributed by atoms with Gasteiger partial charge in [0.15, 0.2) is 5.75 Å². The molecule has 7 heteroatoms. The number of benzene rings is 1. The lowest BCUT2D eigenvalue weighted by molar-refractivity contribution is 0.0522. The average Bonchev–Trinajstić information content (AvgIpc) is 2.87. The Morgan fingerprint density at radius 3 is 2.44 bits per heavy atom. The zero-order valence-electron chi connectivity index (χ0n) is 16.5. The number of hydrogen-bond acceptors (Lipinski definition) is 6. The summed E-state index contributed by atoms with van der Waals surface area (Å²) in [5.41, 5.74) is 6.41. The average molecular weight is 373 g/mol. The maximum Gasteiger partial charge on any atom is 0.343 e. The normalized spacial score (nSPS) is 11.5. The first-order chi connectivity index (χ1) is 12.9. The predicted octanol–water partition coefficient (Wildman–Crippen LogP) is 3.30. The zero-order chi connectivity index (χ0) is 20.0. The molecule has 0 aliphatic carbocycles. The largest absolute Gasteiger partial charge is 0.505 e. The van der Waals surface area contributed by atoms with Crippen molar-refractivity contribution in [3.05, 3.63) is 52.3 Å². The molecule has 0 unspecified atom stereocenters. The van der Waals surface area contributed by atoms with Gasteiger partial charge in [0.1, 0.15) is 11.3 Å². The number of carbonyl (C=O) groups is 1. The third kappa shape index (κ3) is 4.68. The second-order valence-electron chi connectivity index (χ2n) is 6.17. The van der Waals surface area contributed by atoms with Crippen LogP contribution < -0.4 is 5.59 Å². The lowest BCUT2D eigenvalue weighted by Crippen LogP contribution is -2.15. The molecule has 0 radical (unpaired) electrons. The van der Waals surface area contributed by atoms with Crippen LogP contribution in [0.5, 0.6) is 5.75 Å². The van der Waals surface area contributed by atoms with Gasteiger partial charge in [0.2, 0.25) is 0 Å². The quantitative estimate of drug-likeness (QED) is 0.321. The van der Waals surface area contributed by atoms with Crippen LogP contribution in [0, 0.1) is 13.8 Å². The predicted molar refractivity (Wildman–Crippen MR) is 104 cm³/mol. The second kappa shape index (κ2) is 9.23. The summed E-state index contributed by atoms with van der Waals surface area (Å²) in [4.78, 5) is 17.4. The van der Waals surface area contributed by atoms with Crippen molar-refractivity contribution in [2.75, 3.05) is 13.2 Å². The van der Waals surface area contributed by atoms with E-state index in [-0.39, 0.29) is 17.9 Å². The van der Waals surface area contributed by atoms with Crippen molar-refractivity contribution < 1.29 is 19.5 Å². The smallest absolute Gasteiger partial charge is 0.343 e. The highest BCUT2D eigenvalue weighted by molar-refractivity contribution is 6.05. The maximum atomic E-state index is 12.4. The molecule has 7 nitrogen and oxygen atoms in total. The first-order valence-corrected chi connectivity index (χ1v) is 8.96. The van der Waals surface area contributed by atoms with Crippen molar-refractivity contribution in [2.45, 2.75) is 41.2 Å². The molecule has 146 valence electrons. The highest BCUT2D eigenvalue weighted by atomic mass is 16.7. The number of rotatable bonds is 8. The van der Waals surface area contributed by atoms with Crippen LogP contribution in [0.25, 0.3) is 0 Å². The summed E-state index contributed by atoms with van der Waals surface area (Å²) in [5, 5.41) is 14.9. The minimum atomic E-state index is -0.554. The molecule has 2 rings (SSSR count). The first-order valence-electron chi connectivity index (χ1n) is 8.96. The number of aryl methyl sites for hydroxylation is 1. The monoisotopic (exact) mass is 373 g/mol. The molecular weight excluding hydrogens is 346 g/mol. The number of nitrogens with one attached hydrogen (secondary N) is 1. The van der Waals surface area contributed by atoms with Crippen LogP contribution in [0.1, 0.15) is 53.6 Å². The van der Waals surface area contributed by atoms with Crippen LogP contribution in [-0.2, 0) is 16.1 Å². The highest BCUT2D eigenvalue weighted by Gasteiger charge is 2.27. The molecule has 0 aliphatic rings. The molecule has 1 aromatic heterocycles. The van der Waals surface area contributed by atoms with Crippen LogP contribution in [0.4, 0.5) is 0 Å². The Hall–Kier alpha value is -2.80. The Balaban J connectivity index is 2.53. The van der Waals surface area contributed by atoms with Crippen molar-refractivity contribution in [3.8, 4) is 5.75 Å². The highest BCUT2D eigenvalue weighted by Crippen LogP contribution is 2.31. The lowest BCUT2D eigenvalue weighted by Gasteiger charge is -2.12. The van der Waals surface area contributed by atoms with E-state index >= 15 is 0 Å². The van der Waals surface area contributed by atoms with Gasteiger partial charge in [0, 0.05) is 12.2 Å². The van der Waals surface area contributed by atoms with Crippen LogP contribution in [0.2, 0.25) is 0 Å². The van der Waals surface area contributed by atoms with Gasteiger partial charge in [0.05, 0.1) is 18.9 Å². The van der Waals surface area contributed by atoms with Gasteiger partial charge >= 0.3 is 5.97 Å². The molecule has 0 amide bonds. The number of ether oxygens (including phenoxy) is 1. The summed E-state index contributed by atoms with van der Waals surface area (Å²) < 4.78 is 6.97. The third-order valence-corrected chi connectivity index (χ3v) is 4.20. The van der Waals surface area contributed by atoms with Crippen LogP contribution in [0.15, 0.2) is 29.4 Å². The standard InChI is InChI=1S/C20H27N3O4/c1-6-26-20(25)17-15(5)23(12-16-10-8-13(3)9-11-16)18(19(17)24)14(4)21-22-27-7-2/h8-11,22,24H,6-7,12H2,1-5H3/b21-14+. The molecule has 1 heterocycles. The number of hydrazone groups is 1. The number of esters is 1. The molecule has 0 aliphatic heterocycles. The van der Waals surface area contributed by atoms with E-state index in [9.17, 15) is 9.90 Å². The number of nitrogens with zero attached hydrogens (tertiary/aromatic N) is 2. The number of carbonyl (C=O) groups excluding carboxylic acids is 1. The Bertz CT molecular complexity index is 823. The van der Waals surface area contributed by atoms with E-state index in [1.807, 2.05) is 42.7 Å². The Morgan fingerprint density at radius 1 is 1.19 bits per heavy atom. The van der Waals surface area contributed by atoms with Crippen molar-refractivity contribution in [3.63, 3.8) is 0 Å². The van der Waals surface area contributed by atoms with Crippen molar-refractivity contribution in [2.24, 2.45) is 5.10 Å². The molecule has 0 saturated heterocycles. The molecule has 0 fully saturated rings. The molecule has 0 atom stereocenters. The maximum absolute atomic E-state index is 12.4. The summed E-state index contributed by atoms with van der Waals surface area (Å²) in [6, 6.07) is 8.09. The van der Waals surface area contributed by atoms with E-state index in [4.69, 9.17) is 9.57 Å². The van der Waals surface area contributed by atoms with Gasteiger partial charge in [0.25, 0.3) is 0 Å². The van der Waals surface area contributed by atoms with Crippen molar-refractivity contribution in [1.29, 1.82) is 0 Å². The SMILES string of the molecule is CCON/N=C(\C)c1c(O)c(C(=O)OCC)c(C)n1Cc1ccc(C)cc1. The lowest BCUT2D eigenvalue weighted by atomic mass is 10.1. The van der Waals surface area contributed by atoms with Gasteiger partial charge in [-0.15, -0.1) is 0 Å². The summed E-state index contributed by atoms with van der Waals surface area (Å²) in [6.45, 7) is 10.3. The molecule has 2 N–H and O–H groups in total. The number of aromatic nitrogens is 1. The van der Waals surface area contributed by atoms with Gasteiger partial charge in [-0.3, -0.25) is 4.84 Å². The third-order valence-electron chi connectivity index (χ3n) is 4.20. The first kappa shape index (κ1) is 20.5. The topological polar surface area (TPSA) is 85.1 Å². The fourth-order valence-electron chi connectivity index (χ4n) is 2.83. The fourth-order valence-corrected chi connectivity index (χ4v) is 2.83. The number of aromatic hydroxyl groups is 1. The van der Waals surface area contributed by atoms with Gasteiger partial charge in [-0.1, -0.05) is 29.8 Å². The van der Waals surface area contributed by atoms with E-state index in [1.54, 1.807) is 20.8 Å². The molecule has 0 saturated carbocycles. The summed E-state index contributed by atoms with van der Waals surface area (Å²) in [6.07, 6.45) is 0. The van der Waals surface area contributed by atoms with Crippen molar-refractivity contribution >= 4 is 11.7 Å². The van der Waals surface area contributed by atoms with Gasteiger partial charge < -0.3 is 14.4 Å². The Labute approximate surface area is 159 Å². The molecule has 0 bridgehead atoms. The summed E-state index contributed by atoms with van der Waals surface area (Å²) in [5.74, 6) is -0.695. The van der Waals surface area contributed by atoms with E-state index in [2.05, 4.69) is 10.7 Å². The Morgan fingerprint density at radius 2 is 1.85 bits per heavy atom. The van der Waals surface area contributed by atoms with Gasteiger partial charge in [-0.2, -0.15) is 10.7 Å². The van der Waals surface area contributed by atoms with Crippen LogP contribution in [0.3, 0.4) is 0 Å². The van der Waals surface area contributed by atoms with E-state index in [0.29, 0.717) is 30.3 Å². The molecular formula is C20H27N3O4. The van der Waals surface area contributed by atoms with Crippen LogP contribution >= 0.6 is 0 Å². The molecule has 27 heavy (non-hydrogen) atoms. The number of hydrogen-bond donors (Lipinski definition) is 2. The fraction of sp³-hybridized carbons (Fsp3) is 0.400. The molecule has 0 spiro atoms. The van der Waals surface area contributed by atoms with Gasteiger partial charge in [-0.05, 0) is 40.2 Å². The summed E-state index contributed by atoms with van der Waals surface area (Å²) in [7, 11) is 0. The minimum absolute atomic E-state index is 0.141. The van der Waals surface area contributed by atoms with E-state index < -0.39 is 5.97 Å².